The number of fused-ring (bicyclic) bond motifs is 4. The first-order chi connectivity index (χ1) is 12.0. The van der Waals surface area contributed by atoms with Crippen LogP contribution >= 0.6 is 0 Å². The summed E-state index contributed by atoms with van der Waals surface area (Å²) in [7, 11) is 5.01. The van der Waals surface area contributed by atoms with Crippen molar-refractivity contribution in [3.63, 3.8) is 0 Å². The Kier molecular flexibility index (Phi) is 5.13. The van der Waals surface area contributed by atoms with E-state index in [-0.39, 0.29) is 30.3 Å². The predicted molar refractivity (Wildman–Crippen MR) is 93.9 cm³/mol. The molecule has 2 atom stereocenters. The summed E-state index contributed by atoms with van der Waals surface area (Å²) in [6, 6.07) is 5.47. The SMILES string of the molecule is COc1cc(NC(=O)CN2C[C@H]3CC[C@@H](C2)N(C)C3=O)cc(OC)c1. The van der Waals surface area contributed by atoms with E-state index in [1.54, 1.807) is 32.4 Å². The first kappa shape index (κ1) is 17.5. The van der Waals surface area contributed by atoms with Crippen LogP contribution in [0.4, 0.5) is 5.69 Å². The molecule has 136 valence electrons. The number of nitrogens with zero attached hydrogens (tertiary/aromatic N) is 2. The third-order valence-electron chi connectivity index (χ3n) is 5.04. The standard InChI is InChI=1S/C18H25N3O4/c1-20-14-5-4-12(18(20)23)9-21(10-14)11-17(22)19-13-6-15(24-2)8-16(7-13)25-3/h6-8,12,14H,4-5,9-11H2,1-3H3,(H,19,22)/t12-,14+/m1/s1. The number of carbonyl (C=O) groups excluding carboxylic acids is 2. The Morgan fingerprint density at radius 3 is 2.48 bits per heavy atom. The number of piperidine rings is 1. The molecule has 2 amide bonds. The van der Waals surface area contributed by atoms with E-state index in [0.29, 0.717) is 23.7 Å². The molecule has 1 aromatic rings. The highest BCUT2D eigenvalue weighted by Gasteiger charge is 2.39. The fraction of sp³-hybridized carbons (Fsp3) is 0.556. The Labute approximate surface area is 147 Å². The molecule has 0 spiro atoms. The molecule has 3 aliphatic heterocycles. The summed E-state index contributed by atoms with van der Waals surface area (Å²) in [5.74, 6) is 1.35. The lowest BCUT2D eigenvalue weighted by Gasteiger charge is -2.32. The molecule has 1 N–H and O–H groups in total. The Balaban J connectivity index is 1.64. The number of amides is 2. The summed E-state index contributed by atoms with van der Waals surface area (Å²) < 4.78 is 10.4. The zero-order valence-electron chi connectivity index (χ0n) is 14.9. The van der Waals surface area contributed by atoms with E-state index in [0.717, 1.165) is 19.4 Å². The third kappa shape index (κ3) is 3.87. The van der Waals surface area contributed by atoms with Gasteiger partial charge in [0.2, 0.25) is 11.8 Å². The van der Waals surface area contributed by atoms with Crippen molar-refractivity contribution in [3.05, 3.63) is 18.2 Å². The second-order valence-electron chi connectivity index (χ2n) is 6.72. The molecule has 1 aromatic carbocycles. The average molecular weight is 347 g/mol. The largest absolute Gasteiger partial charge is 0.497 e. The molecule has 4 rings (SSSR count). The molecule has 3 fully saturated rings. The minimum Gasteiger partial charge on any atom is -0.497 e. The van der Waals surface area contributed by atoms with Crippen LogP contribution in [0, 0.1) is 5.92 Å². The monoisotopic (exact) mass is 347 g/mol. The first-order valence-electron chi connectivity index (χ1n) is 8.52. The van der Waals surface area contributed by atoms with E-state index in [1.807, 2.05) is 11.9 Å². The van der Waals surface area contributed by atoms with Crippen molar-refractivity contribution in [1.29, 1.82) is 0 Å². The molecule has 0 unspecified atom stereocenters. The Bertz CT molecular complexity index is 641. The molecule has 0 saturated carbocycles. The number of hydrogen-bond donors (Lipinski definition) is 1. The fourth-order valence-electron chi connectivity index (χ4n) is 3.66. The van der Waals surface area contributed by atoms with E-state index in [9.17, 15) is 9.59 Å². The average Bonchev–Trinajstić information content (AvgIpc) is 2.86. The lowest BCUT2D eigenvalue weighted by molar-refractivity contribution is -0.138. The summed E-state index contributed by atoms with van der Waals surface area (Å²) in [6.45, 7) is 1.66. The lowest BCUT2D eigenvalue weighted by Crippen LogP contribution is -2.45. The molecule has 7 nitrogen and oxygen atoms in total. The van der Waals surface area contributed by atoms with Gasteiger partial charge in [-0.25, -0.2) is 0 Å². The molecule has 7 heteroatoms. The third-order valence-corrected chi connectivity index (χ3v) is 5.04. The van der Waals surface area contributed by atoms with Crippen LogP contribution in [-0.2, 0) is 9.59 Å². The number of hydrogen-bond acceptors (Lipinski definition) is 5. The van der Waals surface area contributed by atoms with Crippen LogP contribution in [0.3, 0.4) is 0 Å². The maximum atomic E-state index is 12.5. The van der Waals surface area contributed by atoms with E-state index in [4.69, 9.17) is 9.47 Å². The molecular formula is C18H25N3O4. The fourth-order valence-corrected chi connectivity index (χ4v) is 3.66. The van der Waals surface area contributed by atoms with Gasteiger partial charge in [-0.05, 0) is 12.8 Å². The highest BCUT2D eigenvalue weighted by atomic mass is 16.5. The van der Waals surface area contributed by atoms with Crippen molar-refractivity contribution < 1.29 is 19.1 Å². The zero-order chi connectivity index (χ0) is 18.0. The van der Waals surface area contributed by atoms with Crippen LogP contribution in [0.5, 0.6) is 11.5 Å². The summed E-state index contributed by atoms with van der Waals surface area (Å²) >= 11 is 0. The number of ether oxygens (including phenoxy) is 2. The van der Waals surface area contributed by atoms with Gasteiger partial charge in [0.25, 0.3) is 0 Å². The topological polar surface area (TPSA) is 71.1 Å². The summed E-state index contributed by atoms with van der Waals surface area (Å²) in [4.78, 5) is 28.6. The summed E-state index contributed by atoms with van der Waals surface area (Å²) in [6.07, 6.45) is 1.93. The maximum absolute atomic E-state index is 12.5. The molecule has 25 heavy (non-hydrogen) atoms. The molecule has 2 bridgehead atoms. The van der Waals surface area contributed by atoms with Crippen molar-refractivity contribution in [2.24, 2.45) is 5.92 Å². The van der Waals surface area contributed by atoms with Gasteiger partial charge in [-0.15, -0.1) is 0 Å². The lowest BCUT2D eigenvalue weighted by atomic mass is 9.95. The van der Waals surface area contributed by atoms with E-state index >= 15 is 0 Å². The number of likely N-dealkylation sites (N-methyl/N-ethyl adjacent to an activating group) is 1. The number of anilines is 1. The van der Waals surface area contributed by atoms with Crippen molar-refractivity contribution >= 4 is 17.5 Å². The smallest absolute Gasteiger partial charge is 0.238 e. The van der Waals surface area contributed by atoms with Crippen molar-refractivity contribution in [3.8, 4) is 11.5 Å². The number of rotatable bonds is 5. The zero-order valence-corrected chi connectivity index (χ0v) is 14.9. The van der Waals surface area contributed by atoms with Gasteiger partial charge in [0.15, 0.2) is 0 Å². The summed E-state index contributed by atoms with van der Waals surface area (Å²) in [5, 5.41) is 2.89. The van der Waals surface area contributed by atoms with Gasteiger partial charge in [-0.2, -0.15) is 0 Å². The van der Waals surface area contributed by atoms with Crippen LogP contribution in [0.25, 0.3) is 0 Å². The Hall–Kier alpha value is -2.28. The van der Waals surface area contributed by atoms with E-state index in [2.05, 4.69) is 10.2 Å². The van der Waals surface area contributed by atoms with Crippen molar-refractivity contribution in [2.75, 3.05) is 46.2 Å². The highest BCUT2D eigenvalue weighted by Crippen LogP contribution is 2.28. The van der Waals surface area contributed by atoms with Gasteiger partial charge >= 0.3 is 0 Å². The van der Waals surface area contributed by atoms with Gasteiger partial charge in [-0.1, -0.05) is 0 Å². The summed E-state index contributed by atoms with van der Waals surface area (Å²) in [5.41, 5.74) is 0.632. The Morgan fingerprint density at radius 1 is 1.16 bits per heavy atom. The van der Waals surface area contributed by atoms with Crippen LogP contribution in [-0.4, -0.2) is 68.6 Å². The number of nitrogens with one attached hydrogen (secondary N) is 1. The second kappa shape index (κ2) is 7.31. The van der Waals surface area contributed by atoms with Crippen LogP contribution in [0.1, 0.15) is 12.8 Å². The highest BCUT2D eigenvalue weighted by molar-refractivity contribution is 5.92. The van der Waals surface area contributed by atoms with Crippen LogP contribution < -0.4 is 14.8 Å². The molecule has 3 saturated heterocycles. The van der Waals surface area contributed by atoms with Gasteiger partial charge in [-0.3, -0.25) is 14.5 Å². The van der Waals surface area contributed by atoms with Gasteiger partial charge in [0.05, 0.1) is 26.7 Å². The van der Waals surface area contributed by atoms with E-state index in [1.165, 1.54) is 0 Å². The number of methoxy groups -OCH3 is 2. The predicted octanol–water partition coefficient (Wildman–Crippen LogP) is 1.19. The molecule has 0 radical (unpaired) electrons. The minimum absolute atomic E-state index is 0.00784. The van der Waals surface area contributed by atoms with Gasteiger partial charge < -0.3 is 19.7 Å². The normalized spacial score (nSPS) is 23.3. The molecule has 3 heterocycles. The van der Waals surface area contributed by atoms with Gasteiger partial charge in [0, 0.05) is 50.1 Å². The van der Waals surface area contributed by atoms with Crippen LogP contribution in [0.2, 0.25) is 0 Å². The first-order valence-corrected chi connectivity index (χ1v) is 8.52. The van der Waals surface area contributed by atoms with Crippen LogP contribution in [0.15, 0.2) is 18.2 Å². The van der Waals surface area contributed by atoms with Gasteiger partial charge in [0.1, 0.15) is 11.5 Å². The quantitative estimate of drug-likeness (QED) is 0.866. The number of carbonyl (C=O) groups is 2. The molecule has 3 aliphatic rings. The molecular weight excluding hydrogens is 322 g/mol. The molecule has 0 aliphatic carbocycles. The molecule has 0 aromatic heterocycles. The Morgan fingerprint density at radius 2 is 1.84 bits per heavy atom. The number of benzene rings is 1. The van der Waals surface area contributed by atoms with Crippen molar-refractivity contribution in [1.82, 2.24) is 9.80 Å². The second-order valence-corrected chi connectivity index (χ2v) is 6.72. The minimum atomic E-state index is -0.105. The van der Waals surface area contributed by atoms with Crippen molar-refractivity contribution in [2.45, 2.75) is 18.9 Å². The maximum Gasteiger partial charge on any atom is 0.238 e. The van der Waals surface area contributed by atoms with E-state index < -0.39 is 0 Å².